The minimum Gasteiger partial charge on any atom is -0.478 e. The fourth-order valence-electron chi connectivity index (χ4n) is 1.37. The van der Waals surface area contributed by atoms with Crippen molar-refractivity contribution in [1.82, 2.24) is 0 Å². The Hall–Kier alpha value is -1.75. The second-order valence-electron chi connectivity index (χ2n) is 3.44. The number of halogens is 1. The zero-order valence-electron chi connectivity index (χ0n) is 8.81. The molecular formula is C12H10BrNO3. The second-order valence-corrected chi connectivity index (χ2v) is 4.22. The van der Waals surface area contributed by atoms with E-state index < -0.39 is 5.97 Å². The van der Waals surface area contributed by atoms with Crippen molar-refractivity contribution in [2.24, 2.45) is 0 Å². The molecule has 0 bridgehead atoms. The van der Waals surface area contributed by atoms with E-state index in [4.69, 9.17) is 9.52 Å². The van der Waals surface area contributed by atoms with Crippen LogP contribution in [0.5, 0.6) is 0 Å². The van der Waals surface area contributed by atoms with Crippen molar-refractivity contribution in [1.29, 1.82) is 0 Å². The number of carboxylic acid groups (broad SMARTS) is 1. The average molecular weight is 296 g/mol. The van der Waals surface area contributed by atoms with Crippen LogP contribution in [0.25, 0.3) is 0 Å². The number of carboxylic acids is 1. The minimum absolute atomic E-state index is 0.274. The predicted octanol–water partition coefficient (Wildman–Crippen LogP) is 3.35. The lowest BCUT2D eigenvalue weighted by Gasteiger charge is -2.04. The van der Waals surface area contributed by atoms with Crippen LogP contribution in [0, 0.1) is 0 Å². The Kier molecular flexibility index (Phi) is 3.49. The lowest BCUT2D eigenvalue weighted by atomic mass is 10.2. The van der Waals surface area contributed by atoms with Gasteiger partial charge in [0.05, 0.1) is 12.1 Å². The third kappa shape index (κ3) is 3.10. The van der Waals surface area contributed by atoms with Gasteiger partial charge in [-0.2, -0.15) is 0 Å². The molecule has 0 spiro atoms. The number of aromatic carboxylic acids is 1. The topological polar surface area (TPSA) is 62.5 Å². The standard InChI is InChI=1S/C12H10BrNO3/c13-11-6-5-10(17-11)7-14-9-3-1-8(2-4-9)12(15)16/h1-6,14H,7H2,(H,15,16). The summed E-state index contributed by atoms with van der Waals surface area (Å²) in [6, 6.07) is 10.3. The van der Waals surface area contributed by atoms with E-state index in [-0.39, 0.29) is 5.56 Å². The Balaban J connectivity index is 1.97. The van der Waals surface area contributed by atoms with Crippen LogP contribution in [0.2, 0.25) is 0 Å². The first kappa shape index (κ1) is 11.7. The third-order valence-electron chi connectivity index (χ3n) is 2.23. The highest BCUT2D eigenvalue weighted by atomic mass is 79.9. The Morgan fingerprint density at radius 3 is 2.47 bits per heavy atom. The van der Waals surface area contributed by atoms with Crippen molar-refractivity contribution in [3.8, 4) is 0 Å². The van der Waals surface area contributed by atoms with E-state index in [0.29, 0.717) is 11.2 Å². The molecule has 0 radical (unpaired) electrons. The molecule has 2 aromatic rings. The number of anilines is 1. The Labute approximate surface area is 106 Å². The molecule has 1 heterocycles. The summed E-state index contributed by atoms with van der Waals surface area (Å²) in [5, 5.41) is 11.9. The summed E-state index contributed by atoms with van der Waals surface area (Å²) in [6.45, 7) is 0.554. The summed E-state index contributed by atoms with van der Waals surface area (Å²) in [5.74, 6) is -0.120. The summed E-state index contributed by atoms with van der Waals surface area (Å²) >= 11 is 3.22. The maximum Gasteiger partial charge on any atom is 0.335 e. The first-order valence-corrected chi connectivity index (χ1v) is 5.76. The fraction of sp³-hybridized carbons (Fsp3) is 0.0833. The highest BCUT2D eigenvalue weighted by Gasteiger charge is 2.02. The molecule has 5 heteroatoms. The zero-order valence-corrected chi connectivity index (χ0v) is 10.4. The number of rotatable bonds is 4. The van der Waals surface area contributed by atoms with Crippen molar-refractivity contribution >= 4 is 27.6 Å². The van der Waals surface area contributed by atoms with Gasteiger partial charge in [-0.1, -0.05) is 0 Å². The van der Waals surface area contributed by atoms with Gasteiger partial charge in [-0.25, -0.2) is 4.79 Å². The molecule has 0 fully saturated rings. The van der Waals surface area contributed by atoms with Gasteiger partial charge in [-0.15, -0.1) is 0 Å². The molecule has 0 aliphatic heterocycles. The Morgan fingerprint density at radius 2 is 1.94 bits per heavy atom. The van der Waals surface area contributed by atoms with Gasteiger partial charge in [0, 0.05) is 5.69 Å². The van der Waals surface area contributed by atoms with Gasteiger partial charge in [0.15, 0.2) is 4.67 Å². The molecule has 0 unspecified atom stereocenters. The van der Waals surface area contributed by atoms with Gasteiger partial charge in [-0.05, 0) is 52.3 Å². The molecule has 0 saturated heterocycles. The van der Waals surface area contributed by atoms with E-state index >= 15 is 0 Å². The van der Waals surface area contributed by atoms with Crippen LogP contribution in [0.4, 0.5) is 5.69 Å². The van der Waals surface area contributed by atoms with Gasteiger partial charge in [0.1, 0.15) is 5.76 Å². The molecule has 0 atom stereocenters. The number of carbonyl (C=O) groups is 1. The van der Waals surface area contributed by atoms with Gasteiger partial charge >= 0.3 is 5.97 Å². The summed E-state index contributed by atoms with van der Waals surface area (Å²) in [6.07, 6.45) is 0. The molecule has 0 aliphatic carbocycles. The molecule has 1 aromatic heterocycles. The lowest BCUT2D eigenvalue weighted by molar-refractivity contribution is 0.0697. The van der Waals surface area contributed by atoms with Gasteiger partial charge in [0.2, 0.25) is 0 Å². The molecule has 0 saturated carbocycles. The van der Waals surface area contributed by atoms with Crippen molar-refractivity contribution in [3.05, 3.63) is 52.4 Å². The van der Waals surface area contributed by atoms with Crippen molar-refractivity contribution in [2.75, 3.05) is 5.32 Å². The van der Waals surface area contributed by atoms with Crippen molar-refractivity contribution in [2.45, 2.75) is 6.54 Å². The van der Waals surface area contributed by atoms with Crippen LogP contribution in [0.1, 0.15) is 16.1 Å². The van der Waals surface area contributed by atoms with E-state index in [1.54, 1.807) is 24.3 Å². The normalized spacial score (nSPS) is 10.2. The van der Waals surface area contributed by atoms with Crippen molar-refractivity contribution in [3.63, 3.8) is 0 Å². The Bertz CT molecular complexity index is 519. The highest BCUT2D eigenvalue weighted by Crippen LogP contribution is 2.16. The maximum absolute atomic E-state index is 10.7. The van der Waals surface area contributed by atoms with Gasteiger partial charge < -0.3 is 14.8 Å². The number of hydrogen-bond donors (Lipinski definition) is 2. The summed E-state index contributed by atoms with van der Waals surface area (Å²) < 4.78 is 6.02. The summed E-state index contributed by atoms with van der Waals surface area (Å²) in [7, 11) is 0. The van der Waals surface area contributed by atoms with Crippen LogP contribution >= 0.6 is 15.9 Å². The first-order valence-electron chi connectivity index (χ1n) is 4.96. The van der Waals surface area contributed by atoms with Gasteiger partial charge in [-0.3, -0.25) is 0 Å². The third-order valence-corrected chi connectivity index (χ3v) is 2.65. The average Bonchev–Trinajstić information content (AvgIpc) is 2.73. The first-order chi connectivity index (χ1) is 8.15. The molecular weight excluding hydrogens is 286 g/mol. The van der Waals surface area contributed by atoms with E-state index in [1.807, 2.05) is 12.1 Å². The van der Waals surface area contributed by atoms with E-state index in [9.17, 15) is 4.79 Å². The molecule has 4 nitrogen and oxygen atoms in total. The zero-order chi connectivity index (χ0) is 12.3. The molecule has 0 amide bonds. The minimum atomic E-state index is -0.925. The number of benzene rings is 1. The molecule has 2 N–H and O–H groups in total. The molecule has 17 heavy (non-hydrogen) atoms. The van der Waals surface area contributed by atoms with E-state index in [2.05, 4.69) is 21.2 Å². The predicted molar refractivity (Wildman–Crippen MR) is 67.1 cm³/mol. The van der Waals surface area contributed by atoms with Crippen LogP contribution < -0.4 is 5.32 Å². The van der Waals surface area contributed by atoms with E-state index in [1.165, 1.54) is 0 Å². The summed E-state index contributed by atoms with van der Waals surface area (Å²) in [4.78, 5) is 10.7. The van der Waals surface area contributed by atoms with Crippen LogP contribution in [0.3, 0.4) is 0 Å². The number of furan rings is 1. The maximum atomic E-state index is 10.7. The smallest absolute Gasteiger partial charge is 0.335 e. The van der Waals surface area contributed by atoms with E-state index in [0.717, 1.165) is 11.4 Å². The fourth-order valence-corrected chi connectivity index (χ4v) is 1.71. The molecule has 0 aliphatic rings. The molecule has 2 rings (SSSR count). The second kappa shape index (κ2) is 5.05. The van der Waals surface area contributed by atoms with Crippen LogP contribution in [0.15, 0.2) is 45.5 Å². The highest BCUT2D eigenvalue weighted by molar-refractivity contribution is 9.10. The quantitative estimate of drug-likeness (QED) is 0.908. The van der Waals surface area contributed by atoms with Crippen LogP contribution in [-0.2, 0) is 6.54 Å². The number of nitrogens with one attached hydrogen (secondary N) is 1. The molecule has 88 valence electrons. The summed E-state index contributed by atoms with van der Waals surface area (Å²) in [5.41, 5.74) is 1.12. The largest absolute Gasteiger partial charge is 0.478 e. The van der Waals surface area contributed by atoms with Crippen molar-refractivity contribution < 1.29 is 14.3 Å². The van der Waals surface area contributed by atoms with Gasteiger partial charge in [0.25, 0.3) is 0 Å². The Morgan fingerprint density at radius 1 is 1.24 bits per heavy atom. The molecule has 1 aromatic carbocycles. The number of hydrogen-bond acceptors (Lipinski definition) is 3. The monoisotopic (exact) mass is 295 g/mol. The SMILES string of the molecule is O=C(O)c1ccc(NCc2ccc(Br)o2)cc1. The van der Waals surface area contributed by atoms with Crippen LogP contribution in [-0.4, -0.2) is 11.1 Å². The lowest BCUT2D eigenvalue weighted by Crippen LogP contribution is -2.00.